The van der Waals surface area contributed by atoms with Crippen LogP contribution in [0.4, 0.5) is 16.0 Å². The summed E-state index contributed by atoms with van der Waals surface area (Å²) in [6, 6.07) is 6.12. The molecule has 0 unspecified atom stereocenters. The van der Waals surface area contributed by atoms with Crippen molar-refractivity contribution in [2.75, 3.05) is 30.8 Å². The van der Waals surface area contributed by atoms with Gasteiger partial charge in [-0.1, -0.05) is 6.07 Å². The van der Waals surface area contributed by atoms with Gasteiger partial charge in [-0.15, -0.1) is 5.10 Å². The van der Waals surface area contributed by atoms with Crippen LogP contribution in [0.5, 0.6) is 5.75 Å². The fraction of sp³-hybridized carbons (Fsp3) is 0.429. The fourth-order valence-electron chi connectivity index (χ4n) is 4.45. The number of hydrogen-bond donors (Lipinski definition) is 1. The van der Waals surface area contributed by atoms with Crippen LogP contribution in [-0.2, 0) is 0 Å². The van der Waals surface area contributed by atoms with Gasteiger partial charge in [0.25, 0.3) is 0 Å². The molecular formula is C21H23FN8O. The number of fused-ring (bicyclic) bond motifs is 3. The van der Waals surface area contributed by atoms with Gasteiger partial charge in [-0.25, -0.2) is 14.4 Å². The Labute approximate surface area is 177 Å². The standard InChI is InChI=1S/C21H23FN8O/c1-31-17-4-2-3-16-18(17)25-21(23)30-20(16)26-19(27-30)12-7-13(22)10-28(9-12)15-8-24-29(11-15)14-5-6-14/h2-4,8,11-14H,5-7,9-10H2,1H3,(H2,23,25)/t12-,13-/m1/s1. The third kappa shape index (κ3) is 3.05. The van der Waals surface area contributed by atoms with Crippen molar-refractivity contribution in [2.45, 2.75) is 37.4 Å². The van der Waals surface area contributed by atoms with Crippen molar-refractivity contribution in [3.8, 4) is 5.75 Å². The minimum absolute atomic E-state index is 0.159. The number of alkyl halides is 1. The largest absolute Gasteiger partial charge is 0.494 e. The van der Waals surface area contributed by atoms with E-state index in [2.05, 4.69) is 15.2 Å². The predicted octanol–water partition coefficient (Wildman–Crippen LogP) is 2.73. The lowest BCUT2D eigenvalue weighted by Crippen LogP contribution is -2.40. The molecule has 1 aliphatic carbocycles. The first kappa shape index (κ1) is 18.3. The maximum atomic E-state index is 14.7. The van der Waals surface area contributed by atoms with E-state index in [1.807, 2.05) is 40.2 Å². The molecule has 1 aliphatic heterocycles. The van der Waals surface area contributed by atoms with Crippen molar-refractivity contribution in [1.82, 2.24) is 29.4 Å². The summed E-state index contributed by atoms with van der Waals surface area (Å²) in [6.07, 6.45) is 5.57. The molecule has 3 aromatic heterocycles. The molecule has 0 radical (unpaired) electrons. The minimum Gasteiger partial charge on any atom is -0.494 e. The zero-order valence-electron chi connectivity index (χ0n) is 17.1. The normalized spacial score (nSPS) is 21.8. The van der Waals surface area contributed by atoms with E-state index in [0.29, 0.717) is 48.3 Å². The van der Waals surface area contributed by atoms with E-state index in [4.69, 9.17) is 15.5 Å². The van der Waals surface area contributed by atoms with Crippen LogP contribution in [0.1, 0.15) is 37.0 Å². The van der Waals surface area contributed by atoms with Crippen LogP contribution in [0.3, 0.4) is 0 Å². The van der Waals surface area contributed by atoms with E-state index in [1.165, 1.54) is 4.52 Å². The summed E-state index contributed by atoms with van der Waals surface area (Å²) in [5, 5.41) is 9.86. The van der Waals surface area contributed by atoms with Crippen LogP contribution in [0.15, 0.2) is 30.6 Å². The molecule has 160 valence electrons. The molecule has 4 heterocycles. The van der Waals surface area contributed by atoms with Gasteiger partial charge in [0.05, 0.1) is 25.0 Å². The monoisotopic (exact) mass is 422 g/mol. The second-order valence-electron chi connectivity index (χ2n) is 8.38. The third-order valence-corrected chi connectivity index (χ3v) is 6.17. The van der Waals surface area contributed by atoms with E-state index in [0.717, 1.165) is 23.9 Å². The van der Waals surface area contributed by atoms with Gasteiger partial charge in [0.2, 0.25) is 5.95 Å². The van der Waals surface area contributed by atoms with Crippen molar-refractivity contribution in [3.63, 3.8) is 0 Å². The summed E-state index contributed by atoms with van der Waals surface area (Å²) in [4.78, 5) is 11.3. The zero-order valence-corrected chi connectivity index (χ0v) is 17.1. The number of para-hydroxylation sites is 1. The van der Waals surface area contributed by atoms with Gasteiger partial charge in [0, 0.05) is 30.6 Å². The van der Waals surface area contributed by atoms with E-state index < -0.39 is 6.17 Å². The lowest BCUT2D eigenvalue weighted by Gasteiger charge is -2.34. The highest BCUT2D eigenvalue weighted by molar-refractivity contribution is 5.95. The maximum Gasteiger partial charge on any atom is 0.223 e. The second kappa shape index (κ2) is 6.79. The Hall–Kier alpha value is -3.43. The van der Waals surface area contributed by atoms with Crippen LogP contribution in [0, 0.1) is 0 Å². The molecule has 0 amide bonds. The predicted molar refractivity (Wildman–Crippen MR) is 114 cm³/mol. The fourth-order valence-corrected chi connectivity index (χ4v) is 4.45. The number of aromatic nitrogens is 6. The van der Waals surface area contributed by atoms with Crippen molar-refractivity contribution in [2.24, 2.45) is 0 Å². The van der Waals surface area contributed by atoms with Crippen molar-refractivity contribution >= 4 is 28.2 Å². The van der Waals surface area contributed by atoms with Gasteiger partial charge in [-0.2, -0.15) is 9.61 Å². The van der Waals surface area contributed by atoms with Gasteiger partial charge >= 0.3 is 0 Å². The van der Waals surface area contributed by atoms with Gasteiger partial charge in [0.15, 0.2) is 11.5 Å². The Morgan fingerprint density at radius 3 is 2.87 bits per heavy atom. The summed E-state index contributed by atoms with van der Waals surface area (Å²) in [5.74, 6) is 1.26. The van der Waals surface area contributed by atoms with Crippen LogP contribution in [0.2, 0.25) is 0 Å². The highest BCUT2D eigenvalue weighted by atomic mass is 19.1. The molecule has 2 fully saturated rings. The number of anilines is 2. The first-order valence-electron chi connectivity index (χ1n) is 10.5. The summed E-state index contributed by atoms with van der Waals surface area (Å²) in [7, 11) is 1.59. The van der Waals surface area contributed by atoms with Gasteiger partial charge in [-0.3, -0.25) is 4.68 Å². The Kier molecular flexibility index (Phi) is 4.02. The summed E-state index contributed by atoms with van der Waals surface area (Å²) in [5.41, 5.74) is 8.35. The molecule has 2 atom stereocenters. The van der Waals surface area contributed by atoms with E-state index >= 15 is 0 Å². The van der Waals surface area contributed by atoms with Crippen LogP contribution in [0.25, 0.3) is 16.6 Å². The quantitative estimate of drug-likeness (QED) is 0.540. The Morgan fingerprint density at radius 1 is 1.19 bits per heavy atom. The van der Waals surface area contributed by atoms with Crippen molar-refractivity contribution in [1.29, 1.82) is 0 Å². The van der Waals surface area contributed by atoms with Gasteiger partial charge in [0.1, 0.15) is 17.4 Å². The molecule has 0 spiro atoms. The van der Waals surface area contributed by atoms with Crippen LogP contribution >= 0.6 is 0 Å². The smallest absolute Gasteiger partial charge is 0.223 e. The number of halogens is 1. The lowest BCUT2D eigenvalue weighted by molar-refractivity contribution is 0.264. The van der Waals surface area contributed by atoms with Gasteiger partial charge < -0.3 is 15.4 Å². The number of nitrogens with zero attached hydrogens (tertiary/aromatic N) is 7. The lowest BCUT2D eigenvalue weighted by atomic mass is 9.96. The topological polar surface area (TPSA) is 99.4 Å². The van der Waals surface area contributed by atoms with E-state index in [1.54, 1.807) is 7.11 Å². The number of ether oxygens (including phenoxy) is 1. The summed E-state index contributed by atoms with van der Waals surface area (Å²) >= 11 is 0. The average Bonchev–Trinajstić information content (AvgIpc) is 3.32. The molecular weight excluding hydrogens is 399 g/mol. The number of benzene rings is 1. The molecule has 10 heteroatoms. The van der Waals surface area contributed by atoms with Crippen LogP contribution in [-0.4, -0.2) is 55.7 Å². The molecule has 2 aliphatic rings. The van der Waals surface area contributed by atoms with Crippen molar-refractivity contribution < 1.29 is 9.13 Å². The molecule has 6 rings (SSSR count). The molecule has 0 bridgehead atoms. The summed E-state index contributed by atoms with van der Waals surface area (Å²) in [6.45, 7) is 0.978. The maximum absolute atomic E-state index is 14.7. The first-order valence-corrected chi connectivity index (χ1v) is 10.5. The van der Waals surface area contributed by atoms with E-state index in [-0.39, 0.29) is 11.9 Å². The van der Waals surface area contributed by atoms with Gasteiger partial charge in [-0.05, 0) is 31.4 Å². The summed E-state index contributed by atoms with van der Waals surface area (Å²) < 4.78 is 23.7. The van der Waals surface area contributed by atoms with E-state index in [9.17, 15) is 4.39 Å². The zero-order chi connectivity index (χ0) is 21.1. The highest BCUT2D eigenvalue weighted by Gasteiger charge is 2.33. The SMILES string of the molecule is COc1cccc2c1nc(N)n1nc([C@@H]3C[C@@H](F)CN(c4cnn(C5CC5)c4)C3)nc21. The Morgan fingerprint density at radius 2 is 2.06 bits per heavy atom. The number of nitrogen functional groups attached to an aromatic ring is 1. The van der Waals surface area contributed by atoms with Crippen molar-refractivity contribution in [3.05, 3.63) is 36.4 Å². The number of rotatable bonds is 4. The number of piperidine rings is 1. The first-order chi connectivity index (χ1) is 15.1. The molecule has 4 aromatic rings. The molecule has 9 nitrogen and oxygen atoms in total. The van der Waals surface area contributed by atoms with Crippen LogP contribution < -0.4 is 15.4 Å². The average molecular weight is 422 g/mol. The highest BCUT2D eigenvalue weighted by Crippen LogP contribution is 2.36. The molecule has 1 saturated carbocycles. The third-order valence-electron chi connectivity index (χ3n) is 6.17. The number of methoxy groups -OCH3 is 1. The molecule has 1 aromatic carbocycles. The molecule has 1 saturated heterocycles. The minimum atomic E-state index is -0.970. The molecule has 2 N–H and O–H groups in total. The number of nitrogens with two attached hydrogens (primary N) is 1. The molecule has 31 heavy (non-hydrogen) atoms. The Bertz CT molecular complexity index is 1280. The number of hydrogen-bond acceptors (Lipinski definition) is 7. The second-order valence-corrected chi connectivity index (χ2v) is 8.38. The Balaban J connectivity index is 1.37.